The third kappa shape index (κ3) is 5.82. The van der Waals surface area contributed by atoms with Gasteiger partial charge in [-0.15, -0.1) is 0 Å². The molecule has 4 nitrogen and oxygen atoms in total. The lowest BCUT2D eigenvalue weighted by atomic mass is 10.1. The Hall–Kier alpha value is -0.130. The molecule has 1 heterocycles. The molecule has 1 fully saturated rings. The summed E-state index contributed by atoms with van der Waals surface area (Å²) >= 11 is 0. The lowest BCUT2D eigenvalue weighted by molar-refractivity contribution is 0.422. The Labute approximate surface area is 99.2 Å². The van der Waals surface area contributed by atoms with E-state index in [1.807, 2.05) is 0 Å². The highest BCUT2D eigenvalue weighted by Gasteiger charge is 2.20. The van der Waals surface area contributed by atoms with Crippen molar-refractivity contribution in [3.05, 3.63) is 0 Å². The number of hydrogen-bond acceptors (Lipinski definition) is 3. The molecule has 0 aromatic heterocycles. The van der Waals surface area contributed by atoms with Crippen LogP contribution in [0.25, 0.3) is 0 Å². The largest absolute Gasteiger partial charge is 0.313 e. The molecular weight excluding hydrogens is 224 g/mol. The lowest BCUT2D eigenvalue weighted by Crippen LogP contribution is -2.42. The zero-order valence-electron chi connectivity index (χ0n) is 10.2. The highest BCUT2D eigenvalue weighted by Crippen LogP contribution is 2.08. The zero-order valence-corrected chi connectivity index (χ0v) is 11.0. The van der Waals surface area contributed by atoms with Gasteiger partial charge in [-0.05, 0) is 25.8 Å². The average Bonchev–Trinajstić information content (AvgIpc) is 2.25. The van der Waals surface area contributed by atoms with E-state index in [0.717, 1.165) is 38.6 Å². The quantitative estimate of drug-likeness (QED) is 0.666. The molecule has 5 heteroatoms. The van der Waals surface area contributed by atoms with Crippen LogP contribution in [0.4, 0.5) is 0 Å². The van der Waals surface area contributed by atoms with Gasteiger partial charge >= 0.3 is 0 Å². The fourth-order valence-electron chi connectivity index (χ4n) is 1.99. The summed E-state index contributed by atoms with van der Waals surface area (Å²) in [5.41, 5.74) is 0. The molecule has 1 atom stereocenters. The molecule has 1 saturated heterocycles. The maximum atomic E-state index is 11.7. The standard InChI is InChI=1S/C11H24N2O2S/c1-2-3-5-9-13-16(14,15)10-11-7-4-6-8-12-11/h11-13H,2-10H2,1H3. The van der Waals surface area contributed by atoms with E-state index >= 15 is 0 Å². The van der Waals surface area contributed by atoms with Crippen LogP contribution in [0.2, 0.25) is 0 Å². The first kappa shape index (κ1) is 13.9. The minimum absolute atomic E-state index is 0.150. The Morgan fingerprint density at radius 3 is 2.75 bits per heavy atom. The second kappa shape index (κ2) is 7.25. The van der Waals surface area contributed by atoms with Crippen molar-refractivity contribution in [3.63, 3.8) is 0 Å². The molecule has 1 unspecified atom stereocenters. The van der Waals surface area contributed by atoms with Crippen molar-refractivity contribution in [2.24, 2.45) is 0 Å². The summed E-state index contributed by atoms with van der Waals surface area (Å²) in [5, 5.41) is 3.26. The maximum Gasteiger partial charge on any atom is 0.213 e. The number of hydrogen-bond donors (Lipinski definition) is 2. The number of piperidine rings is 1. The predicted molar refractivity (Wildman–Crippen MR) is 67.0 cm³/mol. The van der Waals surface area contributed by atoms with Crippen LogP contribution in [0, 0.1) is 0 Å². The van der Waals surface area contributed by atoms with Gasteiger partial charge in [0.2, 0.25) is 10.0 Å². The Balaban J connectivity index is 2.22. The van der Waals surface area contributed by atoms with Gasteiger partial charge in [-0.1, -0.05) is 26.2 Å². The van der Waals surface area contributed by atoms with Gasteiger partial charge in [-0.2, -0.15) is 0 Å². The Bertz CT molecular complexity index is 272. The summed E-state index contributed by atoms with van der Waals surface area (Å²) in [7, 11) is -3.07. The van der Waals surface area contributed by atoms with Crippen molar-refractivity contribution < 1.29 is 8.42 Å². The minimum Gasteiger partial charge on any atom is -0.313 e. The highest BCUT2D eigenvalue weighted by atomic mass is 32.2. The third-order valence-electron chi connectivity index (χ3n) is 2.94. The van der Waals surface area contributed by atoms with Gasteiger partial charge in [0.15, 0.2) is 0 Å². The van der Waals surface area contributed by atoms with Crippen molar-refractivity contribution in [1.82, 2.24) is 10.0 Å². The first-order chi connectivity index (χ1) is 7.64. The molecule has 0 radical (unpaired) electrons. The molecule has 0 amide bonds. The molecular formula is C11H24N2O2S. The van der Waals surface area contributed by atoms with Gasteiger partial charge in [0.05, 0.1) is 5.75 Å². The zero-order chi connectivity index (χ0) is 11.9. The molecule has 1 aliphatic heterocycles. The first-order valence-corrected chi connectivity index (χ1v) is 8.00. The normalized spacial score (nSPS) is 22.2. The summed E-state index contributed by atoms with van der Waals surface area (Å²) in [6.07, 6.45) is 6.43. The number of unbranched alkanes of at least 4 members (excludes halogenated alkanes) is 2. The molecule has 0 aromatic carbocycles. The summed E-state index contributed by atoms with van der Waals surface area (Å²) in [5.74, 6) is 0.235. The van der Waals surface area contributed by atoms with Crippen LogP contribution in [-0.4, -0.2) is 33.3 Å². The van der Waals surface area contributed by atoms with Crippen LogP contribution in [0.3, 0.4) is 0 Å². The van der Waals surface area contributed by atoms with Gasteiger partial charge in [0.1, 0.15) is 0 Å². The third-order valence-corrected chi connectivity index (χ3v) is 4.42. The van der Waals surface area contributed by atoms with E-state index in [9.17, 15) is 8.42 Å². The average molecular weight is 248 g/mol. The summed E-state index contributed by atoms with van der Waals surface area (Å²) in [6, 6.07) is 0.150. The van der Waals surface area contributed by atoms with E-state index in [-0.39, 0.29) is 11.8 Å². The Kier molecular flexibility index (Phi) is 6.31. The molecule has 0 bridgehead atoms. The Morgan fingerprint density at radius 1 is 1.31 bits per heavy atom. The number of nitrogens with one attached hydrogen (secondary N) is 2. The SMILES string of the molecule is CCCCCNS(=O)(=O)CC1CCCCN1. The molecule has 1 aliphatic rings. The van der Waals surface area contributed by atoms with Gasteiger partial charge in [0, 0.05) is 12.6 Å². The van der Waals surface area contributed by atoms with Crippen molar-refractivity contribution in [3.8, 4) is 0 Å². The molecule has 0 spiro atoms. The van der Waals surface area contributed by atoms with Gasteiger partial charge in [-0.25, -0.2) is 13.1 Å². The topological polar surface area (TPSA) is 58.2 Å². The van der Waals surface area contributed by atoms with Crippen molar-refractivity contribution in [2.75, 3.05) is 18.8 Å². The van der Waals surface area contributed by atoms with E-state index in [1.165, 1.54) is 6.42 Å². The molecule has 0 saturated carbocycles. The Morgan fingerprint density at radius 2 is 2.12 bits per heavy atom. The van der Waals surface area contributed by atoms with E-state index in [0.29, 0.717) is 6.54 Å². The van der Waals surface area contributed by atoms with Crippen LogP contribution in [0.15, 0.2) is 0 Å². The van der Waals surface area contributed by atoms with Gasteiger partial charge < -0.3 is 5.32 Å². The molecule has 96 valence electrons. The van der Waals surface area contributed by atoms with Crippen LogP contribution < -0.4 is 10.0 Å². The number of sulfonamides is 1. The van der Waals surface area contributed by atoms with Crippen LogP contribution >= 0.6 is 0 Å². The maximum absolute atomic E-state index is 11.7. The summed E-state index contributed by atoms with van der Waals surface area (Å²) in [6.45, 7) is 3.65. The van der Waals surface area contributed by atoms with Crippen molar-refractivity contribution in [1.29, 1.82) is 0 Å². The lowest BCUT2D eigenvalue weighted by Gasteiger charge is -2.23. The van der Waals surface area contributed by atoms with Gasteiger partial charge in [0.25, 0.3) is 0 Å². The van der Waals surface area contributed by atoms with E-state index in [4.69, 9.17) is 0 Å². The second-order valence-corrected chi connectivity index (χ2v) is 6.38. The second-order valence-electron chi connectivity index (χ2n) is 4.53. The summed E-state index contributed by atoms with van der Waals surface area (Å²) < 4.78 is 26.1. The van der Waals surface area contributed by atoms with E-state index in [2.05, 4.69) is 17.0 Å². The smallest absolute Gasteiger partial charge is 0.213 e. The van der Waals surface area contributed by atoms with Crippen LogP contribution in [0.1, 0.15) is 45.4 Å². The van der Waals surface area contributed by atoms with Crippen molar-refractivity contribution >= 4 is 10.0 Å². The molecule has 1 rings (SSSR count). The molecule has 16 heavy (non-hydrogen) atoms. The van der Waals surface area contributed by atoms with Crippen molar-refractivity contribution in [2.45, 2.75) is 51.5 Å². The molecule has 2 N–H and O–H groups in total. The van der Waals surface area contributed by atoms with Crippen LogP contribution in [0.5, 0.6) is 0 Å². The summed E-state index contributed by atoms with van der Waals surface area (Å²) in [4.78, 5) is 0. The fraction of sp³-hybridized carbons (Fsp3) is 1.00. The first-order valence-electron chi connectivity index (χ1n) is 6.35. The monoisotopic (exact) mass is 248 g/mol. The molecule has 0 aromatic rings. The molecule has 0 aliphatic carbocycles. The predicted octanol–water partition coefficient (Wildman–Crippen LogP) is 1.24. The fourth-order valence-corrected chi connectivity index (χ4v) is 3.38. The minimum atomic E-state index is -3.07. The van der Waals surface area contributed by atoms with E-state index in [1.54, 1.807) is 0 Å². The number of rotatable bonds is 7. The van der Waals surface area contributed by atoms with Gasteiger partial charge in [-0.3, -0.25) is 0 Å². The van der Waals surface area contributed by atoms with Crippen LogP contribution in [-0.2, 0) is 10.0 Å². The van der Waals surface area contributed by atoms with E-state index < -0.39 is 10.0 Å². The highest BCUT2D eigenvalue weighted by molar-refractivity contribution is 7.89.